The van der Waals surface area contributed by atoms with Gasteiger partial charge in [0, 0.05) is 12.7 Å². The van der Waals surface area contributed by atoms with Gasteiger partial charge < -0.3 is 0 Å². The molecule has 2 nitrogen and oxygen atoms in total. The molecule has 1 aliphatic heterocycles. The quantitative estimate of drug-likeness (QED) is 0.746. The summed E-state index contributed by atoms with van der Waals surface area (Å²) in [4.78, 5) is 6.66. The van der Waals surface area contributed by atoms with Gasteiger partial charge in [-0.05, 0) is 49.4 Å². The smallest absolute Gasteiger partial charge is 0.129 e. The highest BCUT2D eigenvalue weighted by atomic mass is 35.5. The first-order valence-electron chi connectivity index (χ1n) is 6.38. The van der Waals surface area contributed by atoms with Crippen molar-refractivity contribution in [3.63, 3.8) is 0 Å². The second kappa shape index (κ2) is 5.36. The van der Waals surface area contributed by atoms with Crippen molar-refractivity contribution in [1.82, 2.24) is 9.88 Å². The fourth-order valence-corrected chi connectivity index (χ4v) is 2.51. The predicted molar refractivity (Wildman–Crippen MR) is 72.2 cm³/mol. The minimum atomic E-state index is 0.507. The highest BCUT2D eigenvalue weighted by molar-refractivity contribution is 6.29. The predicted octanol–water partition coefficient (Wildman–Crippen LogP) is 3.75. The van der Waals surface area contributed by atoms with E-state index < -0.39 is 0 Å². The summed E-state index contributed by atoms with van der Waals surface area (Å²) in [5.41, 5.74) is 1.77. The van der Waals surface area contributed by atoms with Crippen LogP contribution in [-0.4, -0.2) is 23.0 Å². The molecular weight excluding hydrogens is 232 g/mol. The first kappa shape index (κ1) is 12.8. The van der Waals surface area contributed by atoms with E-state index in [-0.39, 0.29) is 0 Å². The Balaban J connectivity index is 1.93. The van der Waals surface area contributed by atoms with Gasteiger partial charge in [0.15, 0.2) is 0 Å². The summed E-state index contributed by atoms with van der Waals surface area (Å²) in [5, 5.41) is 0.575. The lowest BCUT2D eigenvalue weighted by Gasteiger charge is -2.23. The molecule has 0 unspecified atom stereocenters. The second-order valence-electron chi connectivity index (χ2n) is 5.78. The van der Waals surface area contributed by atoms with Gasteiger partial charge in [0.05, 0.1) is 0 Å². The molecule has 94 valence electrons. The molecule has 1 aromatic heterocycles. The first-order valence-corrected chi connectivity index (χ1v) is 6.76. The van der Waals surface area contributed by atoms with Gasteiger partial charge >= 0.3 is 0 Å². The molecule has 1 aromatic rings. The van der Waals surface area contributed by atoms with Crippen LogP contribution in [0.3, 0.4) is 0 Å². The monoisotopic (exact) mass is 252 g/mol. The summed E-state index contributed by atoms with van der Waals surface area (Å²) in [5.74, 6) is 0. The zero-order chi connectivity index (χ0) is 12.3. The Kier molecular flexibility index (Phi) is 4.05. The average Bonchev–Trinajstić information content (AvgIpc) is 2.44. The SMILES string of the molecule is CC1(C)CCCN(Cc2ccc(Cl)nc2)CC1. The van der Waals surface area contributed by atoms with Crippen molar-refractivity contribution in [3.05, 3.63) is 29.0 Å². The number of hydrogen-bond acceptors (Lipinski definition) is 2. The van der Waals surface area contributed by atoms with Crippen LogP contribution in [-0.2, 0) is 6.54 Å². The van der Waals surface area contributed by atoms with Crippen LogP contribution in [0.1, 0.15) is 38.7 Å². The number of halogens is 1. The van der Waals surface area contributed by atoms with Crippen molar-refractivity contribution in [1.29, 1.82) is 0 Å². The topological polar surface area (TPSA) is 16.1 Å². The lowest BCUT2D eigenvalue weighted by Crippen LogP contribution is -2.25. The molecule has 1 saturated heterocycles. The van der Waals surface area contributed by atoms with E-state index in [1.165, 1.54) is 37.9 Å². The molecule has 0 saturated carbocycles. The van der Waals surface area contributed by atoms with E-state index in [0.29, 0.717) is 10.6 Å². The van der Waals surface area contributed by atoms with Crippen molar-refractivity contribution in [2.45, 2.75) is 39.7 Å². The zero-order valence-electron chi connectivity index (χ0n) is 10.7. The normalized spacial score (nSPS) is 21.1. The van der Waals surface area contributed by atoms with Crippen LogP contribution >= 0.6 is 11.6 Å². The van der Waals surface area contributed by atoms with E-state index in [1.54, 1.807) is 0 Å². The number of rotatable bonds is 2. The van der Waals surface area contributed by atoms with Gasteiger partial charge in [0.1, 0.15) is 5.15 Å². The number of nitrogens with zero attached hydrogens (tertiary/aromatic N) is 2. The largest absolute Gasteiger partial charge is 0.299 e. The zero-order valence-corrected chi connectivity index (χ0v) is 11.5. The molecule has 0 aliphatic carbocycles. The van der Waals surface area contributed by atoms with Gasteiger partial charge in [0.25, 0.3) is 0 Å². The van der Waals surface area contributed by atoms with Gasteiger partial charge in [-0.2, -0.15) is 0 Å². The standard InChI is InChI=1S/C14H21ClN2/c1-14(2)6-3-8-17(9-7-14)11-12-4-5-13(15)16-10-12/h4-5,10H,3,6-9,11H2,1-2H3. The van der Waals surface area contributed by atoms with Crippen LogP contribution in [0.4, 0.5) is 0 Å². The average molecular weight is 253 g/mol. The van der Waals surface area contributed by atoms with Crippen molar-refractivity contribution < 1.29 is 0 Å². The van der Waals surface area contributed by atoms with E-state index in [0.717, 1.165) is 6.54 Å². The fourth-order valence-electron chi connectivity index (χ4n) is 2.40. The Morgan fingerprint density at radius 3 is 2.82 bits per heavy atom. The molecule has 1 fully saturated rings. The molecule has 0 atom stereocenters. The Hall–Kier alpha value is -0.600. The molecule has 0 amide bonds. The van der Waals surface area contributed by atoms with Crippen LogP contribution in [0.15, 0.2) is 18.3 Å². The third kappa shape index (κ3) is 3.97. The molecule has 0 bridgehead atoms. The van der Waals surface area contributed by atoms with Crippen LogP contribution in [0.5, 0.6) is 0 Å². The highest BCUT2D eigenvalue weighted by Gasteiger charge is 2.22. The summed E-state index contributed by atoms with van der Waals surface area (Å²) in [6.45, 7) is 8.14. The third-order valence-corrected chi connectivity index (χ3v) is 3.85. The molecule has 0 N–H and O–H groups in total. The van der Waals surface area contributed by atoms with Crippen LogP contribution in [0.2, 0.25) is 5.15 Å². The summed E-state index contributed by atoms with van der Waals surface area (Å²) >= 11 is 5.79. The van der Waals surface area contributed by atoms with Gasteiger partial charge in [-0.15, -0.1) is 0 Å². The van der Waals surface area contributed by atoms with Crippen molar-refractivity contribution >= 4 is 11.6 Å². The summed E-state index contributed by atoms with van der Waals surface area (Å²) in [6, 6.07) is 3.95. The van der Waals surface area contributed by atoms with Gasteiger partial charge in [-0.25, -0.2) is 4.98 Å². The van der Waals surface area contributed by atoms with Crippen molar-refractivity contribution in [2.24, 2.45) is 5.41 Å². The fraction of sp³-hybridized carbons (Fsp3) is 0.643. The molecule has 3 heteroatoms. The summed E-state index contributed by atoms with van der Waals surface area (Å²) in [6.07, 6.45) is 5.81. The third-order valence-electron chi connectivity index (χ3n) is 3.63. The maximum atomic E-state index is 5.79. The molecule has 2 rings (SSSR count). The van der Waals surface area contributed by atoms with Crippen LogP contribution in [0.25, 0.3) is 0 Å². The summed E-state index contributed by atoms with van der Waals surface area (Å²) < 4.78 is 0. The van der Waals surface area contributed by atoms with E-state index in [1.807, 2.05) is 12.3 Å². The van der Waals surface area contributed by atoms with Crippen molar-refractivity contribution in [2.75, 3.05) is 13.1 Å². The lowest BCUT2D eigenvalue weighted by molar-refractivity contribution is 0.255. The Labute approximate surface area is 109 Å². The van der Waals surface area contributed by atoms with E-state index in [9.17, 15) is 0 Å². The minimum Gasteiger partial charge on any atom is -0.299 e. The lowest BCUT2D eigenvalue weighted by atomic mass is 9.85. The van der Waals surface area contributed by atoms with Crippen molar-refractivity contribution in [3.8, 4) is 0 Å². The molecule has 0 aromatic carbocycles. The van der Waals surface area contributed by atoms with E-state index in [4.69, 9.17) is 11.6 Å². The molecule has 1 aliphatic rings. The first-order chi connectivity index (χ1) is 8.05. The molecule has 0 radical (unpaired) electrons. The maximum Gasteiger partial charge on any atom is 0.129 e. The molecular formula is C14H21ClN2. The number of likely N-dealkylation sites (tertiary alicyclic amines) is 1. The molecule has 2 heterocycles. The molecule has 17 heavy (non-hydrogen) atoms. The van der Waals surface area contributed by atoms with Crippen LogP contribution < -0.4 is 0 Å². The van der Waals surface area contributed by atoms with Gasteiger partial charge in [-0.1, -0.05) is 31.5 Å². The van der Waals surface area contributed by atoms with E-state index in [2.05, 4.69) is 29.8 Å². The molecule has 0 spiro atoms. The number of hydrogen-bond donors (Lipinski definition) is 0. The van der Waals surface area contributed by atoms with Gasteiger partial charge in [0.2, 0.25) is 0 Å². The Morgan fingerprint density at radius 2 is 2.12 bits per heavy atom. The maximum absolute atomic E-state index is 5.79. The second-order valence-corrected chi connectivity index (χ2v) is 6.17. The Morgan fingerprint density at radius 1 is 1.29 bits per heavy atom. The highest BCUT2D eigenvalue weighted by Crippen LogP contribution is 2.30. The van der Waals surface area contributed by atoms with Crippen LogP contribution in [0, 0.1) is 5.41 Å². The summed E-state index contributed by atoms with van der Waals surface area (Å²) in [7, 11) is 0. The number of aromatic nitrogens is 1. The van der Waals surface area contributed by atoms with Gasteiger partial charge in [-0.3, -0.25) is 4.90 Å². The van der Waals surface area contributed by atoms with E-state index >= 15 is 0 Å². The number of pyridine rings is 1. The Bertz CT molecular complexity index is 359. The minimum absolute atomic E-state index is 0.507.